The summed E-state index contributed by atoms with van der Waals surface area (Å²) in [6.07, 6.45) is 4.26. The maximum Gasteiger partial charge on any atom is 0.0184 e. The molecule has 1 aromatic carbocycles. The number of rotatable bonds is 5. The number of halogens is 1. The quantitative estimate of drug-likeness (QED) is 0.718. The SMILES string of the molecule is BrCC1(CSCc2ccccc2)CCC1. The number of benzene rings is 1. The summed E-state index contributed by atoms with van der Waals surface area (Å²) in [6, 6.07) is 10.8. The van der Waals surface area contributed by atoms with Crippen LogP contribution in [0, 0.1) is 5.41 Å². The fourth-order valence-electron chi connectivity index (χ4n) is 1.95. The van der Waals surface area contributed by atoms with E-state index < -0.39 is 0 Å². The van der Waals surface area contributed by atoms with E-state index in [0.717, 1.165) is 5.75 Å². The van der Waals surface area contributed by atoms with Crippen LogP contribution in [-0.4, -0.2) is 11.1 Å². The van der Waals surface area contributed by atoms with Crippen molar-refractivity contribution in [2.24, 2.45) is 5.41 Å². The Kier molecular flexibility index (Phi) is 4.15. The summed E-state index contributed by atoms with van der Waals surface area (Å²) >= 11 is 5.74. The highest BCUT2D eigenvalue weighted by atomic mass is 79.9. The molecule has 0 heterocycles. The lowest BCUT2D eigenvalue weighted by Gasteiger charge is -2.40. The monoisotopic (exact) mass is 284 g/mol. The Morgan fingerprint density at radius 3 is 2.47 bits per heavy atom. The van der Waals surface area contributed by atoms with Crippen molar-refractivity contribution in [3.63, 3.8) is 0 Å². The molecule has 0 radical (unpaired) electrons. The van der Waals surface area contributed by atoms with E-state index >= 15 is 0 Å². The van der Waals surface area contributed by atoms with Crippen molar-refractivity contribution in [2.75, 3.05) is 11.1 Å². The molecule has 0 nitrogen and oxygen atoms in total. The van der Waals surface area contributed by atoms with Crippen molar-refractivity contribution < 1.29 is 0 Å². The molecule has 2 heteroatoms. The normalized spacial score (nSPS) is 18.5. The van der Waals surface area contributed by atoms with Crippen molar-refractivity contribution in [1.82, 2.24) is 0 Å². The summed E-state index contributed by atoms with van der Waals surface area (Å²) < 4.78 is 0. The van der Waals surface area contributed by atoms with Crippen LogP contribution >= 0.6 is 27.7 Å². The Bertz CT molecular complexity index is 287. The average Bonchev–Trinajstić information content (AvgIpc) is 2.24. The van der Waals surface area contributed by atoms with E-state index in [2.05, 4.69) is 58.0 Å². The second-order valence-electron chi connectivity index (χ2n) is 4.47. The fourth-order valence-corrected chi connectivity index (χ4v) is 4.33. The van der Waals surface area contributed by atoms with Crippen molar-refractivity contribution in [2.45, 2.75) is 25.0 Å². The molecule has 1 aromatic rings. The van der Waals surface area contributed by atoms with Crippen LogP contribution in [0.5, 0.6) is 0 Å². The number of hydrogen-bond acceptors (Lipinski definition) is 1. The lowest BCUT2D eigenvalue weighted by atomic mass is 9.72. The van der Waals surface area contributed by atoms with E-state index in [9.17, 15) is 0 Å². The predicted octanol–water partition coefficient (Wildman–Crippen LogP) is 4.49. The molecule has 1 aliphatic carbocycles. The zero-order valence-electron chi connectivity index (χ0n) is 8.92. The largest absolute Gasteiger partial charge is 0.157 e. The molecule has 0 bridgehead atoms. The maximum absolute atomic E-state index is 3.66. The van der Waals surface area contributed by atoms with Crippen LogP contribution in [0.15, 0.2) is 30.3 Å². The lowest BCUT2D eigenvalue weighted by molar-refractivity contribution is 0.206. The minimum Gasteiger partial charge on any atom is -0.157 e. The fraction of sp³-hybridized carbons (Fsp3) is 0.538. The number of alkyl halides is 1. The first-order chi connectivity index (χ1) is 7.35. The van der Waals surface area contributed by atoms with Gasteiger partial charge in [-0.25, -0.2) is 0 Å². The number of hydrogen-bond donors (Lipinski definition) is 0. The molecule has 0 N–H and O–H groups in total. The minimum absolute atomic E-state index is 0.624. The summed E-state index contributed by atoms with van der Waals surface area (Å²) in [6.45, 7) is 0. The topological polar surface area (TPSA) is 0 Å². The summed E-state index contributed by atoms with van der Waals surface area (Å²) in [4.78, 5) is 0. The Balaban J connectivity index is 1.75. The van der Waals surface area contributed by atoms with E-state index in [1.54, 1.807) is 0 Å². The first-order valence-electron chi connectivity index (χ1n) is 5.52. The molecule has 0 aromatic heterocycles. The summed E-state index contributed by atoms with van der Waals surface area (Å²) in [5.74, 6) is 2.47. The lowest BCUT2D eigenvalue weighted by Crippen LogP contribution is -2.33. The molecule has 2 rings (SSSR count). The third-order valence-corrected chi connectivity index (χ3v) is 5.76. The summed E-state index contributed by atoms with van der Waals surface area (Å²) in [7, 11) is 0. The zero-order chi connectivity index (χ0) is 10.6. The van der Waals surface area contributed by atoms with Gasteiger partial charge in [-0.3, -0.25) is 0 Å². The molecule has 1 fully saturated rings. The Morgan fingerprint density at radius 1 is 1.20 bits per heavy atom. The van der Waals surface area contributed by atoms with Crippen LogP contribution in [0.2, 0.25) is 0 Å². The van der Waals surface area contributed by atoms with E-state index in [0.29, 0.717) is 5.41 Å². The standard InChI is InChI=1S/C13H17BrS/c14-10-13(7-4-8-13)11-15-9-12-5-2-1-3-6-12/h1-3,5-6H,4,7-11H2. The van der Waals surface area contributed by atoms with Crippen LogP contribution in [0.4, 0.5) is 0 Å². The van der Waals surface area contributed by atoms with E-state index in [1.165, 1.54) is 35.9 Å². The van der Waals surface area contributed by atoms with Gasteiger partial charge in [0.05, 0.1) is 0 Å². The van der Waals surface area contributed by atoms with E-state index in [4.69, 9.17) is 0 Å². The smallest absolute Gasteiger partial charge is 0.0184 e. The Morgan fingerprint density at radius 2 is 1.93 bits per heavy atom. The van der Waals surface area contributed by atoms with Crippen LogP contribution in [0.3, 0.4) is 0 Å². The van der Waals surface area contributed by atoms with Gasteiger partial charge in [-0.15, -0.1) is 0 Å². The molecule has 0 atom stereocenters. The van der Waals surface area contributed by atoms with Gasteiger partial charge in [0.1, 0.15) is 0 Å². The Labute approximate surface area is 105 Å². The van der Waals surface area contributed by atoms with Gasteiger partial charge in [0.2, 0.25) is 0 Å². The van der Waals surface area contributed by atoms with E-state index in [1.807, 2.05) is 0 Å². The van der Waals surface area contributed by atoms with Gasteiger partial charge in [0.15, 0.2) is 0 Å². The van der Waals surface area contributed by atoms with Crippen LogP contribution in [0.1, 0.15) is 24.8 Å². The molecule has 0 spiro atoms. The second-order valence-corrected chi connectivity index (χ2v) is 6.01. The highest BCUT2D eigenvalue weighted by Crippen LogP contribution is 2.45. The third-order valence-electron chi connectivity index (χ3n) is 3.22. The number of thioether (sulfide) groups is 1. The van der Waals surface area contributed by atoms with Gasteiger partial charge in [-0.05, 0) is 23.8 Å². The van der Waals surface area contributed by atoms with Gasteiger partial charge in [0.25, 0.3) is 0 Å². The van der Waals surface area contributed by atoms with Crippen LogP contribution < -0.4 is 0 Å². The molecule has 0 aliphatic heterocycles. The predicted molar refractivity (Wildman–Crippen MR) is 72.7 cm³/mol. The first kappa shape index (κ1) is 11.5. The minimum atomic E-state index is 0.624. The van der Waals surface area contributed by atoms with Gasteiger partial charge in [-0.1, -0.05) is 52.7 Å². The molecule has 0 saturated heterocycles. The molecule has 0 amide bonds. The van der Waals surface area contributed by atoms with Gasteiger partial charge >= 0.3 is 0 Å². The molecule has 0 unspecified atom stereocenters. The molecular weight excluding hydrogens is 268 g/mol. The van der Waals surface area contributed by atoms with Crippen molar-refractivity contribution in [3.8, 4) is 0 Å². The molecule has 15 heavy (non-hydrogen) atoms. The summed E-state index contributed by atoms with van der Waals surface area (Å²) in [5.41, 5.74) is 2.07. The average molecular weight is 285 g/mol. The zero-order valence-corrected chi connectivity index (χ0v) is 11.3. The van der Waals surface area contributed by atoms with Crippen molar-refractivity contribution in [1.29, 1.82) is 0 Å². The van der Waals surface area contributed by atoms with Crippen molar-refractivity contribution in [3.05, 3.63) is 35.9 Å². The maximum atomic E-state index is 3.66. The summed E-state index contributed by atoms with van der Waals surface area (Å²) in [5, 5.41) is 1.18. The molecule has 1 aliphatic rings. The van der Waals surface area contributed by atoms with Crippen LogP contribution in [-0.2, 0) is 5.75 Å². The van der Waals surface area contributed by atoms with Crippen molar-refractivity contribution >= 4 is 27.7 Å². The molecular formula is C13H17BrS. The van der Waals surface area contributed by atoms with Gasteiger partial charge < -0.3 is 0 Å². The highest BCUT2D eigenvalue weighted by Gasteiger charge is 2.35. The highest BCUT2D eigenvalue weighted by molar-refractivity contribution is 9.09. The van der Waals surface area contributed by atoms with Gasteiger partial charge in [-0.2, -0.15) is 11.8 Å². The van der Waals surface area contributed by atoms with Gasteiger partial charge in [0, 0.05) is 16.8 Å². The second kappa shape index (κ2) is 5.40. The molecule has 82 valence electrons. The molecule has 1 saturated carbocycles. The third kappa shape index (κ3) is 3.01. The van der Waals surface area contributed by atoms with Crippen LogP contribution in [0.25, 0.3) is 0 Å². The Hall–Kier alpha value is 0.0500. The first-order valence-corrected chi connectivity index (χ1v) is 7.80. The van der Waals surface area contributed by atoms with E-state index in [-0.39, 0.29) is 0 Å².